The molecule has 2 N–H and O–H groups in total. The lowest BCUT2D eigenvalue weighted by Crippen LogP contribution is -2.42. The van der Waals surface area contributed by atoms with E-state index >= 15 is 0 Å². The van der Waals surface area contributed by atoms with Gasteiger partial charge in [-0.3, -0.25) is 4.99 Å². The van der Waals surface area contributed by atoms with Crippen LogP contribution in [0.2, 0.25) is 0 Å². The Hall–Kier alpha value is -2.17. The van der Waals surface area contributed by atoms with Gasteiger partial charge in [-0.05, 0) is 30.5 Å². The predicted octanol–water partition coefficient (Wildman–Crippen LogP) is 2.23. The van der Waals surface area contributed by atoms with Crippen LogP contribution in [0.15, 0.2) is 35.3 Å². The molecule has 22 heavy (non-hydrogen) atoms. The Kier molecular flexibility index (Phi) is 4.83. The smallest absolute Gasteiger partial charge is 0.191 e. The molecular weight excluding hydrogens is 278 g/mol. The summed E-state index contributed by atoms with van der Waals surface area (Å²) < 4.78 is 11.4. The molecule has 0 amide bonds. The second-order valence-electron chi connectivity index (χ2n) is 5.54. The van der Waals surface area contributed by atoms with Crippen LogP contribution in [-0.4, -0.2) is 32.3 Å². The van der Waals surface area contributed by atoms with Gasteiger partial charge in [0.05, 0.1) is 13.2 Å². The first-order chi connectivity index (χ1) is 10.8. The van der Waals surface area contributed by atoms with Crippen LogP contribution in [-0.2, 0) is 6.54 Å². The highest BCUT2D eigenvalue weighted by Gasteiger charge is 2.13. The minimum Gasteiger partial charge on any atom is -0.490 e. The minimum atomic E-state index is 0.454. The first-order valence-corrected chi connectivity index (χ1v) is 7.86. The molecule has 3 rings (SSSR count). The number of ether oxygens (including phenoxy) is 2. The average Bonchev–Trinajstić information content (AvgIpc) is 2.94. The van der Waals surface area contributed by atoms with E-state index in [2.05, 4.69) is 33.8 Å². The molecule has 0 bridgehead atoms. The summed E-state index contributed by atoms with van der Waals surface area (Å²) in [6.07, 6.45) is 7.45. The van der Waals surface area contributed by atoms with E-state index < -0.39 is 0 Å². The Morgan fingerprint density at radius 3 is 2.73 bits per heavy atom. The van der Waals surface area contributed by atoms with Gasteiger partial charge in [-0.2, -0.15) is 0 Å². The van der Waals surface area contributed by atoms with E-state index in [1.807, 2.05) is 12.1 Å². The third-order valence-corrected chi connectivity index (χ3v) is 3.84. The number of hydrogen-bond acceptors (Lipinski definition) is 3. The van der Waals surface area contributed by atoms with Crippen LogP contribution in [0.3, 0.4) is 0 Å². The van der Waals surface area contributed by atoms with E-state index in [0.717, 1.165) is 48.9 Å². The molecule has 118 valence electrons. The number of fused-ring (bicyclic) bond motifs is 1. The molecule has 0 atom stereocenters. The van der Waals surface area contributed by atoms with Gasteiger partial charge < -0.3 is 20.1 Å². The Labute approximate surface area is 131 Å². The fourth-order valence-electron chi connectivity index (χ4n) is 2.63. The van der Waals surface area contributed by atoms with Crippen LogP contribution in [0.25, 0.3) is 0 Å². The van der Waals surface area contributed by atoms with Crippen molar-refractivity contribution in [1.82, 2.24) is 10.6 Å². The van der Waals surface area contributed by atoms with Crippen molar-refractivity contribution in [2.75, 3.05) is 20.3 Å². The molecule has 1 aliphatic heterocycles. The number of rotatable bonds is 3. The van der Waals surface area contributed by atoms with Crippen LogP contribution >= 0.6 is 0 Å². The standard InChI is InChI=1S/C17H23N3O2/c1-18-17(20-14-5-2-3-6-14)19-12-13-7-8-15-16(11-13)22-10-4-9-21-15/h2-3,7-8,11,14H,4-6,9-10,12H2,1H3,(H2,18,19,20). The largest absolute Gasteiger partial charge is 0.490 e. The zero-order chi connectivity index (χ0) is 15.2. The first-order valence-electron chi connectivity index (χ1n) is 7.86. The summed E-state index contributed by atoms with van der Waals surface area (Å²) in [5, 5.41) is 6.78. The molecular formula is C17H23N3O2. The Balaban J connectivity index is 1.57. The summed E-state index contributed by atoms with van der Waals surface area (Å²) in [4.78, 5) is 4.28. The van der Waals surface area contributed by atoms with Crippen molar-refractivity contribution < 1.29 is 9.47 Å². The maximum Gasteiger partial charge on any atom is 0.191 e. The number of nitrogens with one attached hydrogen (secondary N) is 2. The molecule has 5 heteroatoms. The fourth-order valence-corrected chi connectivity index (χ4v) is 2.63. The molecule has 0 saturated carbocycles. The molecule has 1 aromatic carbocycles. The van der Waals surface area contributed by atoms with Gasteiger partial charge in [-0.25, -0.2) is 0 Å². The maximum atomic E-state index is 5.72. The van der Waals surface area contributed by atoms with E-state index in [9.17, 15) is 0 Å². The lowest BCUT2D eigenvalue weighted by Gasteiger charge is -2.17. The average molecular weight is 301 g/mol. The highest BCUT2D eigenvalue weighted by Crippen LogP contribution is 2.30. The summed E-state index contributed by atoms with van der Waals surface area (Å²) in [7, 11) is 1.80. The highest BCUT2D eigenvalue weighted by atomic mass is 16.5. The molecule has 0 spiro atoms. The summed E-state index contributed by atoms with van der Waals surface area (Å²) in [6, 6.07) is 6.53. The van der Waals surface area contributed by atoms with Crippen molar-refractivity contribution in [3.05, 3.63) is 35.9 Å². The van der Waals surface area contributed by atoms with Gasteiger partial charge in [0, 0.05) is 26.1 Å². The third kappa shape index (κ3) is 3.72. The maximum absolute atomic E-state index is 5.72. The highest BCUT2D eigenvalue weighted by molar-refractivity contribution is 5.80. The van der Waals surface area contributed by atoms with E-state index in [-0.39, 0.29) is 0 Å². The predicted molar refractivity (Wildman–Crippen MR) is 87.5 cm³/mol. The Morgan fingerprint density at radius 1 is 1.18 bits per heavy atom. The van der Waals surface area contributed by atoms with Crippen LogP contribution in [0, 0.1) is 0 Å². The SMILES string of the molecule is CN=C(NCc1ccc2c(c1)OCCCO2)NC1CC=CC1. The van der Waals surface area contributed by atoms with Gasteiger partial charge in [0.15, 0.2) is 17.5 Å². The van der Waals surface area contributed by atoms with Crippen LogP contribution in [0.1, 0.15) is 24.8 Å². The van der Waals surface area contributed by atoms with E-state index in [0.29, 0.717) is 19.2 Å². The Bertz CT molecular complexity index is 561. The van der Waals surface area contributed by atoms with Crippen molar-refractivity contribution in [2.45, 2.75) is 31.8 Å². The summed E-state index contributed by atoms with van der Waals surface area (Å²) in [5.74, 6) is 2.50. The van der Waals surface area contributed by atoms with Crippen molar-refractivity contribution in [3.63, 3.8) is 0 Å². The van der Waals surface area contributed by atoms with Crippen molar-refractivity contribution >= 4 is 5.96 Å². The molecule has 1 aromatic rings. The van der Waals surface area contributed by atoms with Crippen LogP contribution in [0.5, 0.6) is 11.5 Å². The number of hydrogen-bond donors (Lipinski definition) is 2. The normalized spacial score (nSPS) is 18.1. The first kappa shape index (κ1) is 14.8. The van der Waals surface area contributed by atoms with Crippen molar-refractivity contribution in [3.8, 4) is 11.5 Å². The molecule has 0 unspecified atom stereocenters. The van der Waals surface area contributed by atoms with Gasteiger partial charge >= 0.3 is 0 Å². The second kappa shape index (κ2) is 7.20. The topological polar surface area (TPSA) is 54.9 Å². The van der Waals surface area contributed by atoms with Crippen LogP contribution in [0.4, 0.5) is 0 Å². The monoisotopic (exact) mass is 301 g/mol. The molecule has 2 aliphatic rings. The zero-order valence-electron chi connectivity index (χ0n) is 13.0. The zero-order valence-corrected chi connectivity index (χ0v) is 13.0. The quantitative estimate of drug-likeness (QED) is 0.511. The number of guanidine groups is 1. The second-order valence-corrected chi connectivity index (χ2v) is 5.54. The summed E-state index contributed by atoms with van der Waals surface area (Å²) in [5.41, 5.74) is 1.15. The van der Waals surface area contributed by atoms with Gasteiger partial charge in [-0.15, -0.1) is 0 Å². The third-order valence-electron chi connectivity index (χ3n) is 3.84. The fraction of sp³-hybridized carbons (Fsp3) is 0.471. The molecule has 0 aromatic heterocycles. The number of aliphatic imine (C=N–C) groups is 1. The number of nitrogens with zero attached hydrogens (tertiary/aromatic N) is 1. The summed E-state index contributed by atoms with van der Waals surface area (Å²) >= 11 is 0. The minimum absolute atomic E-state index is 0.454. The van der Waals surface area contributed by atoms with E-state index in [4.69, 9.17) is 9.47 Å². The molecule has 0 fully saturated rings. The Morgan fingerprint density at radius 2 is 1.95 bits per heavy atom. The van der Waals surface area contributed by atoms with Crippen molar-refractivity contribution in [1.29, 1.82) is 0 Å². The molecule has 0 saturated heterocycles. The van der Waals surface area contributed by atoms with Gasteiger partial charge in [0.2, 0.25) is 0 Å². The molecule has 5 nitrogen and oxygen atoms in total. The van der Waals surface area contributed by atoms with E-state index in [1.165, 1.54) is 0 Å². The molecule has 1 heterocycles. The summed E-state index contributed by atoms with van der Waals surface area (Å²) in [6.45, 7) is 2.13. The molecule has 1 aliphatic carbocycles. The lowest BCUT2D eigenvalue weighted by molar-refractivity contribution is 0.297. The van der Waals surface area contributed by atoms with E-state index in [1.54, 1.807) is 7.05 Å². The van der Waals surface area contributed by atoms with Gasteiger partial charge in [0.25, 0.3) is 0 Å². The molecule has 0 radical (unpaired) electrons. The van der Waals surface area contributed by atoms with Crippen molar-refractivity contribution in [2.24, 2.45) is 4.99 Å². The lowest BCUT2D eigenvalue weighted by atomic mass is 10.2. The van der Waals surface area contributed by atoms with Gasteiger partial charge in [0.1, 0.15) is 0 Å². The van der Waals surface area contributed by atoms with Gasteiger partial charge in [-0.1, -0.05) is 18.2 Å². The number of benzene rings is 1. The van der Waals surface area contributed by atoms with Crippen LogP contribution < -0.4 is 20.1 Å².